The second-order valence-electron chi connectivity index (χ2n) is 6.81. The zero-order valence-electron chi connectivity index (χ0n) is 16.4. The van der Waals surface area contributed by atoms with Crippen molar-refractivity contribution in [1.29, 1.82) is 0 Å². The van der Waals surface area contributed by atoms with E-state index in [2.05, 4.69) is 9.97 Å². The molecular formula is C22H21N5O2. The number of ether oxygens (including phenoxy) is 1. The van der Waals surface area contributed by atoms with Crippen molar-refractivity contribution in [2.75, 3.05) is 12.8 Å². The zero-order valence-corrected chi connectivity index (χ0v) is 16.4. The maximum Gasteiger partial charge on any atom is 0.253 e. The first-order chi connectivity index (χ1) is 14.0. The Bertz CT molecular complexity index is 1250. The molecule has 1 amide bonds. The number of hydrogen-bond donors (Lipinski definition) is 2. The number of nitrogens with zero attached hydrogens (tertiary/aromatic N) is 3. The Balaban J connectivity index is 2.17. The maximum absolute atomic E-state index is 12.4. The minimum absolute atomic E-state index is 0.209. The number of nitrogens with two attached hydrogens (primary N) is 2. The lowest BCUT2D eigenvalue weighted by Gasteiger charge is -2.16. The summed E-state index contributed by atoms with van der Waals surface area (Å²) in [5.74, 6) is 0.311. The predicted octanol–water partition coefficient (Wildman–Crippen LogP) is 3.39. The first-order valence-corrected chi connectivity index (χ1v) is 9.10. The van der Waals surface area contributed by atoms with Crippen LogP contribution >= 0.6 is 0 Å². The minimum Gasteiger partial charge on any atom is -0.496 e. The monoisotopic (exact) mass is 387 g/mol. The van der Waals surface area contributed by atoms with Gasteiger partial charge in [-0.1, -0.05) is 36.4 Å². The average molecular weight is 387 g/mol. The van der Waals surface area contributed by atoms with Crippen LogP contribution in [0.1, 0.15) is 21.5 Å². The zero-order chi connectivity index (χ0) is 20.7. The highest BCUT2D eigenvalue weighted by Crippen LogP contribution is 2.38. The number of anilines is 1. The lowest BCUT2D eigenvalue weighted by atomic mass is 10.1. The van der Waals surface area contributed by atoms with Crippen molar-refractivity contribution in [3.8, 4) is 22.7 Å². The van der Waals surface area contributed by atoms with E-state index in [0.29, 0.717) is 22.5 Å². The Morgan fingerprint density at radius 3 is 2.45 bits per heavy atom. The quantitative estimate of drug-likeness (QED) is 0.558. The molecule has 0 fully saturated rings. The summed E-state index contributed by atoms with van der Waals surface area (Å²) in [5.41, 5.74) is 17.0. The third-order valence-electron chi connectivity index (χ3n) is 5.11. The van der Waals surface area contributed by atoms with Crippen molar-refractivity contribution in [1.82, 2.24) is 14.5 Å². The van der Waals surface area contributed by atoms with Gasteiger partial charge < -0.3 is 16.2 Å². The van der Waals surface area contributed by atoms with Crippen LogP contribution in [0.5, 0.6) is 5.75 Å². The standard InChI is InChI=1S/C22H21N5O2/c1-12-9-10-15(29-3)13(2)19(12)27-20(23)17(21(24)28)16-18(25-11-26-22(16)27)14-7-5-4-6-8-14/h4-11H,23H2,1-3H3,(H2,24,28). The number of hydrogen-bond acceptors (Lipinski definition) is 5. The van der Waals surface area contributed by atoms with E-state index in [1.807, 2.05) is 56.3 Å². The van der Waals surface area contributed by atoms with Crippen LogP contribution in [0, 0.1) is 13.8 Å². The van der Waals surface area contributed by atoms with E-state index < -0.39 is 5.91 Å². The molecule has 0 unspecified atom stereocenters. The predicted molar refractivity (Wildman–Crippen MR) is 113 cm³/mol. The van der Waals surface area contributed by atoms with Gasteiger partial charge in [-0.05, 0) is 25.5 Å². The van der Waals surface area contributed by atoms with Crippen LogP contribution in [-0.4, -0.2) is 27.6 Å². The van der Waals surface area contributed by atoms with E-state index in [9.17, 15) is 4.79 Å². The second kappa shape index (κ2) is 6.94. The molecule has 0 atom stereocenters. The summed E-state index contributed by atoms with van der Waals surface area (Å²) in [7, 11) is 1.61. The number of methoxy groups -OCH3 is 1. The molecule has 2 heterocycles. The number of fused-ring (bicyclic) bond motifs is 1. The summed E-state index contributed by atoms with van der Waals surface area (Å²) >= 11 is 0. The van der Waals surface area contributed by atoms with Crippen molar-refractivity contribution < 1.29 is 9.53 Å². The van der Waals surface area contributed by atoms with Crippen molar-refractivity contribution in [2.24, 2.45) is 5.73 Å². The van der Waals surface area contributed by atoms with Gasteiger partial charge in [-0.25, -0.2) is 9.97 Å². The lowest BCUT2D eigenvalue weighted by molar-refractivity contribution is 0.100. The third-order valence-corrected chi connectivity index (χ3v) is 5.11. The lowest BCUT2D eigenvalue weighted by Crippen LogP contribution is -2.14. The molecule has 0 aliphatic carbocycles. The van der Waals surface area contributed by atoms with Crippen molar-refractivity contribution in [3.63, 3.8) is 0 Å². The number of carbonyl (C=O) groups excluding carboxylic acids is 1. The molecule has 4 aromatic rings. The van der Waals surface area contributed by atoms with Gasteiger partial charge in [-0.3, -0.25) is 9.36 Å². The van der Waals surface area contributed by atoms with Crippen LogP contribution in [0.3, 0.4) is 0 Å². The number of carbonyl (C=O) groups is 1. The number of rotatable bonds is 4. The molecule has 7 nitrogen and oxygen atoms in total. The summed E-state index contributed by atoms with van der Waals surface area (Å²) in [4.78, 5) is 21.3. The molecule has 0 aliphatic rings. The van der Waals surface area contributed by atoms with Gasteiger partial charge in [-0.2, -0.15) is 0 Å². The van der Waals surface area contributed by atoms with Crippen molar-refractivity contribution in [2.45, 2.75) is 13.8 Å². The fourth-order valence-electron chi connectivity index (χ4n) is 3.80. The highest BCUT2D eigenvalue weighted by Gasteiger charge is 2.26. The molecule has 0 saturated heterocycles. The second-order valence-corrected chi connectivity index (χ2v) is 6.81. The number of amides is 1. The largest absolute Gasteiger partial charge is 0.496 e. The third kappa shape index (κ3) is 2.79. The van der Waals surface area contributed by atoms with Crippen LogP contribution in [0.2, 0.25) is 0 Å². The Morgan fingerprint density at radius 2 is 1.79 bits per heavy atom. The first kappa shape index (κ1) is 18.5. The van der Waals surface area contributed by atoms with Gasteiger partial charge in [0, 0.05) is 11.1 Å². The summed E-state index contributed by atoms with van der Waals surface area (Å²) in [6.07, 6.45) is 1.47. The molecule has 0 aliphatic heterocycles. The molecule has 4 rings (SSSR count). The SMILES string of the molecule is COc1ccc(C)c(-n2c(N)c(C(N)=O)c3c(-c4ccccc4)ncnc32)c1C. The van der Waals surface area contributed by atoms with Crippen LogP contribution in [0.4, 0.5) is 5.82 Å². The van der Waals surface area contributed by atoms with E-state index in [-0.39, 0.29) is 11.4 Å². The van der Waals surface area contributed by atoms with Gasteiger partial charge in [0.2, 0.25) is 0 Å². The molecule has 2 aromatic carbocycles. The molecular weight excluding hydrogens is 366 g/mol. The molecule has 2 aromatic heterocycles. The molecule has 0 spiro atoms. The van der Waals surface area contributed by atoms with Crippen LogP contribution < -0.4 is 16.2 Å². The topological polar surface area (TPSA) is 109 Å². The van der Waals surface area contributed by atoms with Gasteiger partial charge in [-0.15, -0.1) is 0 Å². The van der Waals surface area contributed by atoms with Crippen LogP contribution in [0.15, 0.2) is 48.8 Å². The number of benzene rings is 2. The highest BCUT2D eigenvalue weighted by atomic mass is 16.5. The Morgan fingerprint density at radius 1 is 1.07 bits per heavy atom. The van der Waals surface area contributed by atoms with E-state index in [1.54, 1.807) is 11.7 Å². The van der Waals surface area contributed by atoms with E-state index in [1.165, 1.54) is 6.33 Å². The molecule has 146 valence electrons. The normalized spacial score (nSPS) is 11.0. The smallest absolute Gasteiger partial charge is 0.253 e. The van der Waals surface area contributed by atoms with Gasteiger partial charge in [0.05, 0.1) is 29.4 Å². The summed E-state index contributed by atoms with van der Waals surface area (Å²) in [6, 6.07) is 13.4. The van der Waals surface area contributed by atoms with Gasteiger partial charge in [0.25, 0.3) is 5.91 Å². The van der Waals surface area contributed by atoms with Gasteiger partial charge in [0.1, 0.15) is 17.9 Å². The Labute approximate surface area is 168 Å². The highest BCUT2D eigenvalue weighted by molar-refractivity contribution is 6.14. The average Bonchev–Trinajstić information content (AvgIpc) is 3.01. The number of aromatic nitrogens is 3. The fraction of sp³-hybridized carbons (Fsp3) is 0.136. The Hall–Kier alpha value is -3.87. The number of nitrogen functional groups attached to an aromatic ring is 1. The van der Waals surface area contributed by atoms with E-state index >= 15 is 0 Å². The Kier molecular flexibility index (Phi) is 4.43. The van der Waals surface area contributed by atoms with Crippen LogP contribution in [-0.2, 0) is 0 Å². The summed E-state index contributed by atoms with van der Waals surface area (Å²) in [6.45, 7) is 3.91. The maximum atomic E-state index is 12.4. The number of aryl methyl sites for hydroxylation is 1. The molecule has 0 bridgehead atoms. The van der Waals surface area contributed by atoms with Gasteiger partial charge >= 0.3 is 0 Å². The molecule has 0 saturated carbocycles. The van der Waals surface area contributed by atoms with Crippen molar-refractivity contribution >= 4 is 22.8 Å². The molecule has 29 heavy (non-hydrogen) atoms. The van der Waals surface area contributed by atoms with Crippen molar-refractivity contribution in [3.05, 3.63) is 65.5 Å². The summed E-state index contributed by atoms with van der Waals surface area (Å²) in [5, 5.41) is 0.533. The molecule has 4 N–H and O–H groups in total. The van der Waals surface area contributed by atoms with Gasteiger partial charge in [0.15, 0.2) is 5.65 Å². The molecule has 0 radical (unpaired) electrons. The number of primary amides is 1. The summed E-state index contributed by atoms with van der Waals surface area (Å²) < 4.78 is 7.24. The minimum atomic E-state index is -0.628. The van der Waals surface area contributed by atoms with E-state index in [4.69, 9.17) is 16.2 Å². The van der Waals surface area contributed by atoms with Crippen LogP contribution in [0.25, 0.3) is 28.0 Å². The first-order valence-electron chi connectivity index (χ1n) is 9.10. The van der Waals surface area contributed by atoms with E-state index in [0.717, 1.165) is 22.4 Å². The molecule has 7 heteroatoms. The fourth-order valence-corrected chi connectivity index (χ4v) is 3.80.